The van der Waals surface area contributed by atoms with Crippen LogP contribution in [0.2, 0.25) is 10.0 Å². The van der Waals surface area contributed by atoms with Gasteiger partial charge in [0.05, 0.1) is 15.7 Å². The summed E-state index contributed by atoms with van der Waals surface area (Å²) in [7, 11) is 0. The number of barbiturate groups is 1. The minimum absolute atomic E-state index is 0.0387. The van der Waals surface area contributed by atoms with Gasteiger partial charge in [-0.2, -0.15) is 0 Å². The third-order valence-electron chi connectivity index (χ3n) is 4.84. The smallest absolute Gasteiger partial charge is 0.336 e. The molecule has 4 amide bonds. The first-order valence-electron chi connectivity index (χ1n) is 9.16. The van der Waals surface area contributed by atoms with Crippen molar-refractivity contribution in [1.82, 2.24) is 5.32 Å². The number of carbonyl (C=O) groups excluding carboxylic acids is 3. The first-order chi connectivity index (χ1) is 14.0. The summed E-state index contributed by atoms with van der Waals surface area (Å²) < 4.78 is 5.80. The molecule has 0 radical (unpaired) electrons. The van der Waals surface area contributed by atoms with E-state index in [4.69, 9.17) is 27.6 Å². The van der Waals surface area contributed by atoms with Crippen molar-refractivity contribution in [3.8, 4) is 0 Å². The van der Waals surface area contributed by atoms with Gasteiger partial charge in [-0.25, -0.2) is 9.69 Å². The van der Waals surface area contributed by atoms with Crippen molar-refractivity contribution < 1.29 is 18.8 Å². The molecule has 0 spiro atoms. The van der Waals surface area contributed by atoms with Gasteiger partial charge < -0.3 is 9.32 Å². The molecular weight excluding hydrogens is 417 g/mol. The number of nitrogens with one attached hydrogen (secondary N) is 1. The van der Waals surface area contributed by atoms with Crippen LogP contribution >= 0.6 is 23.2 Å². The number of benzene rings is 1. The minimum Gasteiger partial charge on any atom is -0.441 e. The second-order valence-corrected chi connectivity index (χ2v) is 7.54. The summed E-state index contributed by atoms with van der Waals surface area (Å²) in [4.78, 5) is 40.5. The summed E-state index contributed by atoms with van der Waals surface area (Å²) in [5, 5.41) is 2.37. The maximum Gasteiger partial charge on any atom is 0.336 e. The van der Waals surface area contributed by atoms with Crippen LogP contribution in [0.15, 0.2) is 40.3 Å². The summed E-state index contributed by atoms with van der Waals surface area (Å²) in [6.45, 7) is 1.80. The van der Waals surface area contributed by atoms with Crippen LogP contribution in [0.5, 0.6) is 0 Å². The van der Waals surface area contributed by atoms with Crippen LogP contribution in [0.25, 0.3) is 6.08 Å². The molecule has 0 bridgehead atoms. The fourth-order valence-corrected chi connectivity index (χ4v) is 3.77. The normalized spacial score (nSPS) is 19.1. The zero-order valence-electron chi connectivity index (χ0n) is 15.3. The Kier molecular flexibility index (Phi) is 5.34. The van der Waals surface area contributed by atoms with Crippen LogP contribution in [0, 0.1) is 0 Å². The average Bonchev–Trinajstić information content (AvgIpc) is 3.18. The lowest BCUT2D eigenvalue weighted by atomic mass is 10.1. The summed E-state index contributed by atoms with van der Waals surface area (Å²) in [5.41, 5.74) is -0.145. The van der Waals surface area contributed by atoms with Gasteiger partial charge in [-0.3, -0.25) is 14.9 Å². The molecule has 9 heteroatoms. The number of hydrogen-bond acceptors (Lipinski definition) is 5. The highest BCUT2D eigenvalue weighted by Gasteiger charge is 2.38. The molecule has 0 atom stereocenters. The number of furan rings is 1. The van der Waals surface area contributed by atoms with Crippen LogP contribution in [0.3, 0.4) is 0 Å². The van der Waals surface area contributed by atoms with Gasteiger partial charge in [0, 0.05) is 19.2 Å². The molecule has 4 rings (SSSR count). The third-order valence-corrected chi connectivity index (χ3v) is 5.65. The van der Waals surface area contributed by atoms with Gasteiger partial charge in [0.25, 0.3) is 11.8 Å². The van der Waals surface area contributed by atoms with E-state index in [2.05, 4.69) is 10.2 Å². The van der Waals surface area contributed by atoms with Gasteiger partial charge >= 0.3 is 6.03 Å². The number of imide groups is 2. The van der Waals surface area contributed by atoms with Crippen LogP contribution < -0.4 is 15.1 Å². The van der Waals surface area contributed by atoms with Crippen LogP contribution in [-0.2, 0) is 9.59 Å². The number of amides is 4. The van der Waals surface area contributed by atoms with Crippen molar-refractivity contribution in [2.24, 2.45) is 0 Å². The largest absolute Gasteiger partial charge is 0.441 e. The summed E-state index contributed by atoms with van der Waals surface area (Å²) in [6, 6.07) is 7.16. The zero-order chi connectivity index (χ0) is 20.5. The molecule has 1 aromatic carbocycles. The Balaban J connectivity index is 1.65. The number of rotatable bonds is 3. The van der Waals surface area contributed by atoms with E-state index in [-0.39, 0.29) is 21.3 Å². The fourth-order valence-electron chi connectivity index (χ4n) is 3.39. The first-order valence-corrected chi connectivity index (χ1v) is 9.91. The average molecular weight is 434 g/mol. The molecule has 150 valence electrons. The van der Waals surface area contributed by atoms with Crippen molar-refractivity contribution in [3.05, 3.63) is 51.7 Å². The first kappa shape index (κ1) is 19.5. The molecule has 0 unspecified atom stereocenters. The highest BCUT2D eigenvalue weighted by atomic mass is 35.5. The molecule has 3 heterocycles. The van der Waals surface area contributed by atoms with E-state index < -0.39 is 17.8 Å². The number of hydrogen-bond donors (Lipinski definition) is 1. The van der Waals surface area contributed by atoms with Gasteiger partial charge in [0.2, 0.25) is 0 Å². The topological polar surface area (TPSA) is 82.9 Å². The van der Waals surface area contributed by atoms with E-state index in [9.17, 15) is 14.4 Å². The lowest BCUT2D eigenvalue weighted by Gasteiger charge is -2.27. The zero-order valence-corrected chi connectivity index (χ0v) is 16.8. The summed E-state index contributed by atoms with van der Waals surface area (Å²) in [5.74, 6) is -0.578. The van der Waals surface area contributed by atoms with Gasteiger partial charge in [0.1, 0.15) is 11.3 Å². The Bertz CT molecular complexity index is 1020. The van der Waals surface area contributed by atoms with Crippen molar-refractivity contribution in [1.29, 1.82) is 0 Å². The SMILES string of the molecule is O=C1NC(=O)N(c2cccc(Cl)c2Cl)C(=O)/C1=C/c1ccc(N2CCCCC2)o1. The molecule has 2 fully saturated rings. The van der Waals surface area contributed by atoms with E-state index in [1.807, 2.05) is 0 Å². The number of anilines is 2. The molecule has 0 saturated carbocycles. The molecule has 7 nitrogen and oxygen atoms in total. The number of urea groups is 1. The van der Waals surface area contributed by atoms with E-state index in [0.29, 0.717) is 11.6 Å². The van der Waals surface area contributed by atoms with Crippen LogP contribution in [-0.4, -0.2) is 30.9 Å². The molecule has 29 heavy (non-hydrogen) atoms. The predicted molar refractivity (Wildman–Crippen MR) is 110 cm³/mol. The van der Waals surface area contributed by atoms with Crippen molar-refractivity contribution in [2.75, 3.05) is 22.9 Å². The Morgan fingerprint density at radius 2 is 1.76 bits per heavy atom. The highest BCUT2D eigenvalue weighted by molar-refractivity contribution is 6.46. The van der Waals surface area contributed by atoms with Crippen molar-refractivity contribution in [3.63, 3.8) is 0 Å². The lowest BCUT2D eigenvalue weighted by Crippen LogP contribution is -2.54. The molecular formula is C20H17Cl2N3O4. The maximum absolute atomic E-state index is 12.9. The fraction of sp³-hybridized carbons (Fsp3) is 0.250. The Morgan fingerprint density at radius 1 is 1.00 bits per heavy atom. The second kappa shape index (κ2) is 7.93. The highest BCUT2D eigenvalue weighted by Crippen LogP contribution is 2.34. The van der Waals surface area contributed by atoms with Crippen LogP contribution in [0.1, 0.15) is 25.0 Å². The molecule has 1 aromatic heterocycles. The lowest BCUT2D eigenvalue weighted by molar-refractivity contribution is -0.122. The standard InChI is InChI=1S/C20H17Cl2N3O4/c21-14-5-4-6-15(17(14)22)25-19(27)13(18(26)23-20(25)28)11-12-7-8-16(29-12)24-9-2-1-3-10-24/h4-8,11H,1-3,9-10H2,(H,23,26,28)/b13-11+. The van der Waals surface area contributed by atoms with Crippen molar-refractivity contribution in [2.45, 2.75) is 19.3 Å². The van der Waals surface area contributed by atoms with Gasteiger partial charge in [-0.15, -0.1) is 0 Å². The Labute approximate surface area is 176 Å². The monoisotopic (exact) mass is 433 g/mol. The maximum atomic E-state index is 12.9. The number of carbonyl (C=O) groups is 3. The predicted octanol–water partition coefficient (Wildman–Crippen LogP) is 4.24. The number of halogens is 2. The van der Waals surface area contributed by atoms with E-state index in [1.54, 1.807) is 18.2 Å². The second-order valence-electron chi connectivity index (χ2n) is 6.75. The molecule has 2 saturated heterocycles. The molecule has 2 aliphatic heterocycles. The quantitative estimate of drug-likeness (QED) is 0.577. The summed E-state index contributed by atoms with van der Waals surface area (Å²) >= 11 is 12.2. The summed E-state index contributed by atoms with van der Waals surface area (Å²) in [6.07, 6.45) is 4.70. The van der Waals surface area contributed by atoms with Crippen LogP contribution in [0.4, 0.5) is 16.4 Å². The van der Waals surface area contributed by atoms with E-state index in [1.165, 1.54) is 24.6 Å². The minimum atomic E-state index is -0.894. The Hall–Kier alpha value is -2.77. The van der Waals surface area contributed by atoms with Gasteiger partial charge in [-0.05, 0) is 43.5 Å². The molecule has 2 aromatic rings. The molecule has 2 aliphatic rings. The number of nitrogens with zero attached hydrogens (tertiary/aromatic N) is 2. The third kappa shape index (κ3) is 3.75. The van der Waals surface area contributed by atoms with Gasteiger partial charge in [-0.1, -0.05) is 29.3 Å². The van der Waals surface area contributed by atoms with Gasteiger partial charge in [0.15, 0.2) is 5.88 Å². The Morgan fingerprint density at radius 3 is 2.52 bits per heavy atom. The van der Waals surface area contributed by atoms with Crippen molar-refractivity contribution >= 4 is 58.7 Å². The molecule has 0 aliphatic carbocycles. The van der Waals surface area contributed by atoms with E-state index >= 15 is 0 Å². The number of piperidine rings is 1. The van der Waals surface area contributed by atoms with E-state index in [0.717, 1.165) is 30.8 Å². The molecule has 1 N–H and O–H groups in total.